The Bertz CT molecular complexity index is 525. The quantitative estimate of drug-likeness (QED) is 0.844. The number of halogens is 1. The fourth-order valence-electron chi connectivity index (χ4n) is 1.61. The van der Waals surface area contributed by atoms with Crippen molar-refractivity contribution in [3.8, 4) is 10.6 Å². The molecule has 0 amide bonds. The summed E-state index contributed by atoms with van der Waals surface area (Å²) in [6.07, 6.45) is 1.08. The van der Waals surface area contributed by atoms with Gasteiger partial charge >= 0.3 is 0 Å². The standard InChI is InChI=1S/C13H16FN3S/c1-3-6-15-8-12-16-17-13(18-12)10-7-9(2)4-5-11(10)14/h4-5,7,15H,3,6,8H2,1-2H3. The average Bonchev–Trinajstić information content (AvgIpc) is 2.81. The van der Waals surface area contributed by atoms with Crippen molar-refractivity contribution in [3.05, 3.63) is 34.6 Å². The van der Waals surface area contributed by atoms with Crippen LogP contribution in [-0.2, 0) is 6.54 Å². The number of hydrogen-bond donors (Lipinski definition) is 1. The van der Waals surface area contributed by atoms with E-state index in [0.29, 0.717) is 17.1 Å². The van der Waals surface area contributed by atoms with Gasteiger partial charge in [-0.1, -0.05) is 29.9 Å². The third-order valence-electron chi connectivity index (χ3n) is 2.52. The predicted molar refractivity (Wildman–Crippen MR) is 72.0 cm³/mol. The van der Waals surface area contributed by atoms with Crippen LogP contribution in [0.3, 0.4) is 0 Å². The van der Waals surface area contributed by atoms with Gasteiger partial charge in [-0.3, -0.25) is 0 Å². The predicted octanol–water partition coefficient (Wildman–Crippen LogP) is 3.15. The summed E-state index contributed by atoms with van der Waals surface area (Å²) in [6, 6.07) is 5.03. The van der Waals surface area contributed by atoms with Crippen LogP contribution in [0.1, 0.15) is 23.9 Å². The zero-order chi connectivity index (χ0) is 13.0. The van der Waals surface area contributed by atoms with Crippen molar-refractivity contribution in [1.29, 1.82) is 0 Å². The number of rotatable bonds is 5. The van der Waals surface area contributed by atoms with E-state index in [2.05, 4.69) is 22.4 Å². The molecule has 96 valence electrons. The highest BCUT2D eigenvalue weighted by molar-refractivity contribution is 7.14. The first-order chi connectivity index (χ1) is 8.70. The molecule has 2 rings (SSSR count). The van der Waals surface area contributed by atoms with Crippen molar-refractivity contribution in [3.63, 3.8) is 0 Å². The lowest BCUT2D eigenvalue weighted by Gasteiger charge is -1.99. The normalized spacial score (nSPS) is 10.8. The molecule has 0 aliphatic carbocycles. The molecule has 0 aliphatic heterocycles. The Kier molecular flexibility index (Phi) is 4.38. The topological polar surface area (TPSA) is 37.8 Å². The van der Waals surface area contributed by atoms with Gasteiger partial charge in [-0.15, -0.1) is 10.2 Å². The highest BCUT2D eigenvalue weighted by atomic mass is 32.1. The van der Waals surface area contributed by atoms with Crippen LogP contribution >= 0.6 is 11.3 Å². The summed E-state index contributed by atoms with van der Waals surface area (Å²) in [6.45, 7) is 5.70. The fourth-order valence-corrected chi connectivity index (χ4v) is 2.44. The van der Waals surface area contributed by atoms with Crippen molar-refractivity contribution >= 4 is 11.3 Å². The molecule has 0 bridgehead atoms. The largest absolute Gasteiger partial charge is 0.310 e. The molecule has 0 radical (unpaired) electrons. The van der Waals surface area contributed by atoms with Gasteiger partial charge in [-0.2, -0.15) is 0 Å². The van der Waals surface area contributed by atoms with Crippen LogP contribution in [0.5, 0.6) is 0 Å². The van der Waals surface area contributed by atoms with E-state index in [0.717, 1.165) is 23.5 Å². The van der Waals surface area contributed by atoms with Crippen molar-refractivity contribution in [1.82, 2.24) is 15.5 Å². The lowest BCUT2D eigenvalue weighted by molar-refractivity contribution is 0.630. The summed E-state index contributed by atoms with van der Waals surface area (Å²) in [5.41, 5.74) is 1.56. The molecule has 1 heterocycles. The Morgan fingerprint density at radius 2 is 2.17 bits per heavy atom. The molecule has 0 unspecified atom stereocenters. The molecule has 1 N–H and O–H groups in total. The maximum absolute atomic E-state index is 13.7. The van der Waals surface area contributed by atoms with Gasteiger partial charge in [0.05, 0.1) is 0 Å². The number of nitrogens with zero attached hydrogens (tertiary/aromatic N) is 2. The third-order valence-corrected chi connectivity index (χ3v) is 3.48. The SMILES string of the molecule is CCCNCc1nnc(-c2cc(C)ccc2F)s1. The monoisotopic (exact) mass is 265 g/mol. The first kappa shape index (κ1) is 13.1. The van der Waals surface area contributed by atoms with E-state index in [-0.39, 0.29) is 5.82 Å². The van der Waals surface area contributed by atoms with Gasteiger partial charge < -0.3 is 5.32 Å². The highest BCUT2D eigenvalue weighted by Gasteiger charge is 2.11. The minimum Gasteiger partial charge on any atom is -0.310 e. The molecule has 0 aliphatic rings. The molecule has 0 atom stereocenters. The molecule has 0 spiro atoms. The number of aryl methyl sites for hydroxylation is 1. The highest BCUT2D eigenvalue weighted by Crippen LogP contribution is 2.26. The number of nitrogens with one attached hydrogen (secondary N) is 1. The molecule has 1 aromatic heterocycles. The molecule has 18 heavy (non-hydrogen) atoms. The van der Waals surface area contributed by atoms with Crippen LogP contribution in [0.15, 0.2) is 18.2 Å². The zero-order valence-electron chi connectivity index (χ0n) is 10.5. The van der Waals surface area contributed by atoms with E-state index >= 15 is 0 Å². The van der Waals surface area contributed by atoms with Gasteiger partial charge in [0.1, 0.15) is 10.8 Å². The fraction of sp³-hybridized carbons (Fsp3) is 0.385. The van der Waals surface area contributed by atoms with E-state index < -0.39 is 0 Å². The molecule has 3 nitrogen and oxygen atoms in total. The van der Waals surface area contributed by atoms with Crippen LogP contribution < -0.4 is 5.32 Å². The Morgan fingerprint density at radius 1 is 1.33 bits per heavy atom. The summed E-state index contributed by atoms with van der Waals surface area (Å²) in [5, 5.41) is 12.9. The first-order valence-electron chi connectivity index (χ1n) is 6.00. The molecular weight excluding hydrogens is 249 g/mol. The molecule has 1 aromatic carbocycles. The summed E-state index contributed by atoms with van der Waals surface area (Å²) in [5.74, 6) is -0.246. The molecule has 5 heteroatoms. The van der Waals surface area contributed by atoms with Crippen LogP contribution in [-0.4, -0.2) is 16.7 Å². The molecule has 2 aromatic rings. The van der Waals surface area contributed by atoms with Crippen molar-refractivity contribution < 1.29 is 4.39 Å². The second-order valence-corrected chi connectivity index (χ2v) is 5.22. The summed E-state index contributed by atoms with van der Waals surface area (Å²) < 4.78 is 13.7. The Labute approximate surface area is 110 Å². The Balaban J connectivity index is 2.16. The second-order valence-electron chi connectivity index (χ2n) is 4.16. The summed E-state index contributed by atoms with van der Waals surface area (Å²) in [4.78, 5) is 0. The van der Waals surface area contributed by atoms with Crippen molar-refractivity contribution in [2.24, 2.45) is 0 Å². The summed E-state index contributed by atoms with van der Waals surface area (Å²) in [7, 11) is 0. The van der Waals surface area contributed by atoms with E-state index in [4.69, 9.17) is 0 Å². The van der Waals surface area contributed by atoms with E-state index in [1.54, 1.807) is 12.1 Å². The maximum atomic E-state index is 13.7. The number of hydrogen-bond acceptors (Lipinski definition) is 4. The average molecular weight is 265 g/mol. The van der Waals surface area contributed by atoms with E-state index in [1.807, 2.05) is 6.92 Å². The smallest absolute Gasteiger partial charge is 0.150 e. The second kappa shape index (κ2) is 6.02. The van der Waals surface area contributed by atoms with Crippen LogP contribution in [0.2, 0.25) is 0 Å². The third kappa shape index (κ3) is 3.11. The summed E-state index contributed by atoms with van der Waals surface area (Å²) >= 11 is 1.43. The lowest BCUT2D eigenvalue weighted by atomic mass is 10.1. The molecular formula is C13H16FN3S. The van der Waals surface area contributed by atoms with E-state index in [1.165, 1.54) is 17.4 Å². The van der Waals surface area contributed by atoms with Gasteiger partial charge in [0.15, 0.2) is 5.01 Å². The van der Waals surface area contributed by atoms with Crippen LogP contribution in [0.4, 0.5) is 4.39 Å². The minimum absolute atomic E-state index is 0.246. The van der Waals surface area contributed by atoms with E-state index in [9.17, 15) is 4.39 Å². The van der Waals surface area contributed by atoms with Crippen LogP contribution in [0.25, 0.3) is 10.6 Å². The molecule has 0 saturated carbocycles. The van der Waals surface area contributed by atoms with Gasteiger partial charge in [0.2, 0.25) is 0 Å². The van der Waals surface area contributed by atoms with Gasteiger partial charge in [-0.25, -0.2) is 4.39 Å². The van der Waals surface area contributed by atoms with Gasteiger partial charge in [0, 0.05) is 12.1 Å². The number of aromatic nitrogens is 2. The van der Waals surface area contributed by atoms with Gasteiger partial charge in [0.25, 0.3) is 0 Å². The van der Waals surface area contributed by atoms with Crippen LogP contribution in [0, 0.1) is 12.7 Å². The van der Waals surface area contributed by atoms with Crippen molar-refractivity contribution in [2.45, 2.75) is 26.8 Å². The number of benzene rings is 1. The molecule has 0 saturated heterocycles. The minimum atomic E-state index is -0.246. The van der Waals surface area contributed by atoms with Gasteiger partial charge in [-0.05, 0) is 32.0 Å². The Morgan fingerprint density at radius 3 is 2.94 bits per heavy atom. The maximum Gasteiger partial charge on any atom is 0.150 e. The van der Waals surface area contributed by atoms with Crippen molar-refractivity contribution in [2.75, 3.05) is 6.54 Å². The first-order valence-corrected chi connectivity index (χ1v) is 6.82. The molecule has 0 fully saturated rings. The Hall–Kier alpha value is -1.33. The lowest BCUT2D eigenvalue weighted by Crippen LogP contribution is -2.13. The zero-order valence-corrected chi connectivity index (χ0v) is 11.4.